The van der Waals surface area contributed by atoms with Crippen LogP contribution < -0.4 is 0 Å². The first-order valence-corrected chi connectivity index (χ1v) is 20.0. The molecule has 45 heavy (non-hydrogen) atoms. The third kappa shape index (κ3) is 34.1. The maximum Gasteiger partial charge on any atom is 0.306 e. The summed E-state index contributed by atoms with van der Waals surface area (Å²) < 4.78 is 10.6. The van der Waals surface area contributed by atoms with Gasteiger partial charge in [-0.1, -0.05) is 194 Å². The molecule has 0 aromatic heterocycles. The molecular weight excluding hydrogens is 560 g/mol. The highest BCUT2D eigenvalue weighted by molar-refractivity contribution is 5.70. The first kappa shape index (κ1) is 43.9. The van der Waals surface area contributed by atoms with Gasteiger partial charge in [0.05, 0.1) is 6.61 Å². The molecule has 5 nitrogen and oxygen atoms in total. The molecule has 2 atom stereocenters. The van der Waals surface area contributed by atoms with Gasteiger partial charge in [-0.15, -0.1) is 0 Å². The zero-order valence-electron chi connectivity index (χ0n) is 30.6. The van der Waals surface area contributed by atoms with Crippen molar-refractivity contribution in [3.8, 4) is 0 Å². The van der Waals surface area contributed by atoms with E-state index >= 15 is 0 Å². The Hall–Kier alpha value is -1.10. The molecule has 0 fully saturated rings. The standard InChI is InChI=1S/C40H78O5/c1-4-6-7-8-9-10-11-14-19-22-25-28-31-34-40(43)45-38(35-41)36-44-39(42)33-30-27-24-21-18-16-13-12-15-17-20-23-26-29-32-37(3)5-2/h37-38,41H,4-36H2,1-3H3/t37?,38-/m0/s1. The van der Waals surface area contributed by atoms with Crippen molar-refractivity contribution < 1.29 is 24.2 Å². The molecule has 0 radical (unpaired) electrons. The summed E-state index contributed by atoms with van der Waals surface area (Å²) in [4.78, 5) is 24.2. The second kappa shape index (κ2) is 35.7. The molecule has 1 unspecified atom stereocenters. The zero-order valence-corrected chi connectivity index (χ0v) is 30.6. The van der Waals surface area contributed by atoms with Crippen molar-refractivity contribution >= 4 is 11.9 Å². The lowest BCUT2D eigenvalue weighted by Crippen LogP contribution is -2.28. The zero-order chi connectivity index (χ0) is 33.1. The minimum Gasteiger partial charge on any atom is -0.462 e. The molecule has 0 aromatic rings. The van der Waals surface area contributed by atoms with Crippen molar-refractivity contribution in [2.75, 3.05) is 13.2 Å². The van der Waals surface area contributed by atoms with Crippen molar-refractivity contribution in [2.45, 2.75) is 226 Å². The maximum atomic E-state index is 12.1. The summed E-state index contributed by atoms with van der Waals surface area (Å²) in [5.74, 6) is 0.326. The molecule has 0 aliphatic heterocycles. The SMILES string of the molecule is CCCCCCCCCCCCCCCC(=O)O[C@@H](CO)COC(=O)CCCCCCCCCCCCCCCCC(C)CC. The molecule has 0 aliphatic rings. The second-order valence-corrected chi connectivity index (χ2v) is 14.0. The smallest absolute Gasteiger partial charge is 0.306 e. The molecule has 0 amide bonds. The third-order valence-electron chi connectivity index (χ3n) is 9.44. The summed E-state index contributed by atoms with van der Waals surface area (Å²) in [6.45, 7) is 6.55. The van der Waals surface area contributed by atoms with Gasteiger partial charge in [0, 0.05) is 12.8 Å². The van der Waals surface area contributed by atoms with Gasteiger partial charge in [0.25, 0.3) is 0 Å². The molecule has 0 aromatic carbocycles. The summed E-state index contributed by atoms with van der Waals surface area (Å²) in [6.07, 6.45) is 37.3. The van der Waals surface area contributed by atoms with Gasteiger partial charge in [-0.3, -0.25) is 9.59 Å². The fourth-order valence-electron chi connectivity index (χ4n) is 6.00. The van der Waals surface area contributed by atoms with Crippen LogP contribution in [-0.4, -0.2) is 36.4 Å². The van der Waals surface area contributed by atoms with E-state index in [2.05, 4.69) is 20.8 Å². The molecule has 268 valence electrons. The lowest BCUT2D eigenvalue weighted by Gasteiger charge is -2.15. The number of aliphatic hydroxyl groups excluding tert-OH is 1. The summed E-state index contributed by atoms with van der Waals surface area (Å²) in [5.41, 5.74) is 0. The second-order valence-electron chi connectivity index (χ2n) is 14.0. The van der Waals surface area contributed by atoms with Crippen LogP contribution in [0.3, 0.4) is 0 Å². The molecule has 0 saturated heterocycles. The van der Waals surface area contributed by atoms with E-state index in [9.17, 15) is 14.7 Å². The van der Waals surface area contributed by atoms with Gasteiger partial charge in [-0.2, -0.15) is 0 Å². The Morgan fingerprint density at radius 3 is 1.24 bits per heavy atom. The number of esters is 2. The highest BCUT2D eigenvalue weighted by Gasteiger charge is 2.16. The summed E-state index contributed by atoms with van der Waals surface area (Å²) >= 11 is 0. The van der Waals surface area contributed by atoms with Gasteiger partial charge < -0.3 is 14.6 Å². The van der Waals surface area contributed by atoms with Gasteiger partial charge in [0.15, 0.2) is 6.10 Å². The first-order chi connectivity index (χ1) is 22.0. The number of ether oxygens (including phenoxy) is 2. The Morgan fingerprint density at radius 2 is 0.867 bits per heavy atom. The Labute approximate surface area is 280 Å². The van der Waals surface area contributed by atoms with Crippen molar-refractivity contribution in [3.05, 3.63) is 0 Å². The van der Waals surface area contributed by atoms with Crippen LogP contribution in [0.4, 0.5) is 0 Å². The fraction of sp³-hybridized carbons (Fsp3) is 0.950. The highest BCUT2D eigenvalue weighted by Crippen LogP contribution is 2.17. The van der Waals surface area contributed by atoms with Crippen LogP contribution in [-0.2, 0) is 19.1 Å². The predicted molar refractivity (Wildman–Crippen MR) is 192 cm³/mol. The van der Waals surface area contributed by atoms with Gasteiger partial charge in [0.1, 0.15) is 6.61 Å². The van der Waals surface area contributed by atoms with Gasteiger partial charge in [-0.05, 0) is 18.8 Å². The number of aliphatic hydroxyl groups is 1. The van der Waals surface area contributed by atoms with E-state index in [-0.39, 0.29) is 25.2 Å². The minimum atomic E-state index is -0.761. The van der Waals surface area contributed by atoms with Crippen LogP contribution in [0.5, 0.6) is 0 Å². The molecule has 0 bridgehead atoms. The molecule has 0 aliphatic carbocycles. The normalized spacial score (nSPS) is 12.7. The van der Waals surface area contributed by atoms with Crippen LogP contribution in [0.2, 0.25) is 0 Å². The third-order valence-corrected chi connectivity index (χ3v) is 9.44. The highest BCUT2D eigenvalue weighted by atomic mass is 16.6. The van der Waals surface area contributed by atoms with E-state index in [0.29, 0.717) is 12.8 Å². The fourth-order valence-corrected chi connectivity index (χ4v) is 6.00. The van der Waals surface area contributed by atoms with Crippen molar-refractivity contribution in [1.82, 2.24) is 0 Å². The molecular formula is C40H78O5. The van der Waals surface area contributed by atoms with Crippen molar-refractivity contribution in [1.29, 1.82) is 0 Å². The summed E-state index contributed by atoms with van der Waals surface area (Å²) in [7, 11) is 0. The number of carbonyl (C=O) groups is 2. The topological polar surface area (TPSA) is 72.8 Å². The number of hydrogen-bond donors (Lipinski definition) is 1. The number of hydrogen-bond acceptors (Lipinski definition) is 5. The minimum absolute atomic E-state index is 0.0576. The van der Waals surface area contributed by atoms with Crippen LogP contribution in [0.15, 0.2) is 0 Å². The Kier molecular flexibility index (Phi) is 34.9. The molecule has 0 saturated carbocycles. The monoisotopic (exact) mass is 639 g/mol. The average molecular weight is 639 g/mol. The van der Waals surface area contributed by atoms with E-state index in [1.54, 1.807) is 0 Å². The van der Waals surface area contributed by atoms with Gasteiger partial charge in [-0.25, -0.2) is 0 Å². The summed E-state index contributed by atoms with van der Waals surface area (Å²) in [6, 6.07) is 0. The van der Waals surface area contributed by atoms with E-state index in [1.165, 1.54) is 154 Å². The van der Waals surface area contributed by atoms with Crippen LogP contribution in [0.25, 0.3) is 0 Å². The van der Waals surface area contributed by atoms with E-state index in [0.717, 1.165) is 38.0 Å². The molecule has 0 rings (SSSR count). The molecule has 5 heteroatoms. The van der Waals surface area contributed by atoms with Crippen LogP contribution >= 0.6 is 0 Å². The number of rotatable bonds is 36. The first-order valence-electron chi connectivity index (χ1n) is 20.0. The predicted octanol–water partition coefficient (Wildman–Crippen LogP) is 12.2. The molecule has 0 spiro atoms. The number of carbonyl (C=O) groups excluding carboxylic acids is 2. The van der Waals surface area contributed by atoms with Crippen LogP contribution in [0, 0.1) is 5.92 Å². The lowest BCUT2D eigenvalue weighted by atomic mass is 9.99. The van der Waals surface area contributed by atoms with E-state index < -0.39 is 6.10 Å². The Bertz CT molecular complexity index is 622. The Balaban J connectivity index is 3.49. The Morgan fingerprint density at radius 1 is 0.511 bits per heavy atom. The summed E-state index contributed by atoms with van der Waals surface area (Å²) in [5, 5.41) is 9.54. The van der Waals surface area contributed by atoms with E-state index in [1.807, 2.05) is 0 Å². The van der Waals surface area contributed by atoms with E-state index in [4.69, 9.17) is 9.47 Å². The van der Waals surface area contributed by atoms with Gasteiger partial charge in [0.2, 0.25) is 0 Å². The van der Waals surface area contributed by atoms with Crippen molar-refractivity contribution in [2.24, 2.45) is 5.92 Å². The van der Waals surface area contributed by atoms with Gasteiger partial charge >= 0.3 is 11.9 Å². The van der Waals surface area contributed by atoms with Crippen molar-refractivity contribution in [3.63, 3.8) is 0 Å². The van der Waals surface area contributed by atoms with Crippen LogP contribution in [0.1, 0.15) is 220 Å². The average Bonchev–Trinajstić information content (AvgIpc) is 3.04. The molecule has 0 heterocycles. The largest absolute Gasteiger partial charge is 0.462 e. The quantitative estimate of drug-likeness (QED) is 0.0546. The number of unbranched alkanes of at least 4 members (excludes halogenated alkanes) is 25. The lowest BCUT2D eigenvalue weighted by molar-refractivity contribution is -0.161. The molecule has 1 N–H and O–H groups in total. The maximum absolute atomic E-state index is 12.1.